The highest BCUT2D eigenvalue weighted by molar-refractivity contribution is 6.19. The normalized spacial score (nSPS) is 17.3. The van der Waals surface area contributed by atoms with Crippen LogP contribution in [0.5, 0.6) is 0 Å². The van der Waals surface area contributed by atoms with Gasteiger partial charge < -0.3 is 4.90 Å². The number of nitrogens with zero attached hydrogens (tertiary/aromatic N) is 4. The fourth-order valence-corrected chi connectivity index (χ4v) is 2.34. The maximum Gasteiger partial charge on any atom is 0.284 e. The Labute approximate surface area is 130 Å². The number of benzodiazepines with no additional fused rings is 1. The molecule has 0 fully saturated rings. The Morgan fingerprint density at radius 1 is 1.30 bits per heavy atom. The second kappa shape index (κ2) is 5.56. The van der Waals surface area contributed by atoms with E-state index in [-0.39, 0.29) is 17.0 Å². The molecule has 7 nitrogen and oxygen atoms in total. The molecule has 2 aromatic rings. The van der Waals surface area contributed by atoms with Crippen molar-refractivity contribution < 1.29 is 14.1 Å². The molecule has 1 unspecified atom stereocenters. The van der Waals surface area contributed by atoms with E-state index in [1.807, 2.05) is 0 Å². The summed E-state index contributed by atoms with van der Waals surface area (Å²) < 4.78 is 14.1. The van der Waals surface area contributed by atoms with Crippen LogP contribution in [0, 0.1) is 10.1 Å². The van der Waals surface area contributed by atoms with Gasteiger partial charge >= 0.3 is 0 Å². The van der Waals surface area contributed by atoms with Gasteiger partial charge in [-0.1, -0.05) is 6.07 Å². The summed E-state index contributed by atoms with van der Waals surface area (Å²) in [6.45, 7) is 0. The number of aromatic nitrogens is 1. The number of carbonyl (C=O) groups is 1. The highest BCUT2D eigenvalue weighted by Crippen LogP contribution is 2.30. The summed E-state index contributed by atoms with van der Waals surface area (Å²) in [4.78, 5) is 31.5. The molecule has 0 saturated carbocycles. The number of hydrogen-bond donors (Lipinski definition) is 0. The number of pyridine rings is 1. The quantitative estimate of drug-likeness (QED) is 0.482. The average Bonchev–Trinajstić information content (AvgIpc) is 2.66. The lowest BCUT2D eigenvalue weighted by molar-refractivity contribution is -0.384. The summed E-state index contributed by atoms with van der Waals surface area (Å²) in [5.74, 6) is -0.842. The number of anilines is 1. The lowest BCUT2D eigenvalue weighted by Crippen LogP contribution is -2.32. The molecule has 8 heteroatoms. The van der Waals surface area contributed by atoms with Gasteiger partial charge in [0.2, 0.25) is 0 Å². The van der Waals surface area contributed by atoms with Crippen LogP contribution in [0.4, 0.5) is 15.8 Å². The number of rotatable bonds is 2. The molecule has 0 aliphatic carbocycles. The smallest absolute Gasteiger partial charge is 0.284 e. The Balaban J connectivity index is 2.28. The lowest BCUT2D eigenvalue weighted by Gasteiger charge is -2.17. The van der Waals surface area contributed by atoms with E-state index < -0.39 is 17.1 Å². The maximum absolute atomic E-state index is 14.1. The lowest BCUT2D eigenvalue weighted by atomic mass is 10.0. The zero-order valence-corrected chi connectivity index (χ0v) is 12.0. The van der Waals surface area contributed by atoms with Crippen LogP contribution in [-0.4, -0.2) is 34.9 Å². The van der Waals surface area contributed by atoms with Crippen LogP contribution in [0.2, 0.25) is 0 Å². The Morgan fingerprint density at radius 2 is 2.09 bits per heavy atom. The second-order valence-corrected chi connectivity index (χ2v) is 4.88. The van der Waals surface area contributed by atoms with E-state index in [0.717, 1.165) is 4.90 Å². The van der Waals surface area contributed by atoms with Crippen molar-refractivity contribution in [3.8, 4) is 0 Å². The van der Waals surface area contributed by atoms with Gasteiger partial charge in [0.25, 0.3) is 17.9 Å². The average molecular weight is 314 g/mol. The molecular weight excluding hydrogens is 303 g/mol. The molecule has 0 radical (unpaired) electrons. The molecule has 3 rings (SSSR count). The van der Waals surface area contributed by atoms with Crippen molar-refractivity contribution in [1.29, 1.82) is 0 Å². The predicted octanol–water partition coefficient (Wildman–Crippen LogP) is 2.10. The molecular formula is C15H11FN4O3. The summed E-state index contributed by atoms with van der Waals surface area (Å²) >= 11 is 0. The van der Waals surface area contributed by atoms with Gasteiger partial charge in [-0.3, -0.25) is 19.9 Å². The number of halogens is 1. The van der Waals surface area contributed by atoms with E-state index >= 15 is 0 Å². The Morgan fingerprint density at radius 3 is 2.74 bits per heavy atom. The molecule has 0 saturated heterocycles. The first kappa shape index (κ1) is 14.8. The monoisotopic (exact) mass is 314 g/mol. The van der Waals surface area contributed by atoms with Crippen LogP contribution in [0.25, 0.3) is 0 Å². The summed E-state index contributed by atoms with van der Waals surface area (Å²) in [5.41, 5.74) is 0.888. The number of benzene rings is 1. The zero-order chi connectivity index (χ0) is 16.6. The van der Waals surface area contributed by atoms with Crippen molar-refractivity contribution in [2.45, 2.75) is 6.30 Å². The Hall–Kier alpha value is -3.16. The topological polar surface area (TPSA) is 88.7 Å². The molecule has 0 spiro atoms. The molecule has 1 aromatic heterocycles. The molecule has 0 N–H and O–H groups in total. The Kier molecular flexibility index (Phi) is 3.57. The first-order chi connectivity index (χ1) is 11.0. The zero-order valence-electron chi connectivity index (χ0n) is 12.0. The van der Waals surface area contributed by atoms with Crippen molar-refractivity contribution in [2.75, 3.05) is 11.9 Å². The molecule has 1 amide bonds. The highest BCUT2D eigenvalue weighted by atomic mass is 19.1. The summed E-state index contributed by atoms with van der Waals surface area (Å²) in [6.07, 6.45) is -0.595. The van der Waals surface area contributed by atoms with Gasteiger partial charge in [0.15, 0.2) is 0 Å². The van der Waals surface area contributed by atoms with Crippen molar-refractivity contribution in [3.63, 3.8) is 0 Å². The van der Waals surface area contributed by atoms with E-state index in [1.165, 1.54) is 31.4 Å². The largest absolute Gasteiger partial charge is 0.311 e. The van der Waals surface area contributed by atoms with Gasteiger partial charge in [0, 0.05) is 30.9 Å². The van der Waals surface area contributed by atoms with Crippen molar-refractivity contribution in [3.05, 3.63) is 64.0 Å². The number of amides is 1. The Bertz CT molecular complexity index is 823. The number of likely N-dealkylation sites (N-methyl/N-ethyl adjacent to an activating group) is 1. The number of carbonyl (C=O) groups excluding carboxylic acids is 1. The number of nitro groups is 1. The fraction of sp³-hybridized carbons (Fsp3) is 0.133. The van der Waals surface area contributed by atoms with Crippen LogP contribution < -0.4 is 4.90 Å². The van der Waals surface area contributed by atoms with Crippen LogP contribution in [0.3, 0.4) is 0 Å². The number of non-ortho nitro benzene ring substituents is 1. The first-order valence-electron chi connectivity index (χ1n) is 6.68. The molecule has 116 valence electrons. The van der Waals surface area contributed by atoms with Gasteiger partial charge in [-0.2, -0.15) is 0 Å². The molecule has 1 atom stereocenters. The first-order valence-corrected chi connectivity index (χ1v) is 6.68. The molecule has 23 heavy (non-hydrogen) atoms. The van der Waals surface area contributed by atoms with Crippen molar-refractivity contribution in [1.82, 2.24) is 4.98 Å². The van der Waals surface area contributed by atoms with Gasteiger partial charge in [0.05, 0.1) is 22.0 Å². The molecule has 1 aliphatic heterocycles. The third-order valence-electron chi connectivity index (χ3n) is 3.49. The highest BCUT2D eigenvalue weighted by Gasteiger charge is 2.31. The van der Waals surface area contributed by atoms with Crippen molar-refractivity contribution >= 4 is 23.0 Å². The summed E-state index contributed by atoms with van der Waals surface area (Å²) in [6, 6.07) is 8.90. The van der Waals surface area contributed by atoms with E-state index in [9.17, 15) is 19.3 Å². The second-order valence-electron chi connectivity index (χ2n) is 4.88. The number of aliphatic imine (C=N–C) groups is 1. The molecule has 0 bridgehead atoms. The minimum Gasteiger partial charge on any atom is -0.311 e. The van der Waals surface area contributed by atoms with Crippen LogP contribution in [-0.2, 0) is 4.79 Å². The van der Waals surface area contributed by atoms with Gasteiger partial charge in [0.1, 0.15) is 0 Å². The molecule has 1 aliphatic rings. The maximum atomic E-state index is 14.1. The van der Waals surface area contributed by atoms with Crippen LogP contribution >= 0.6 is 0 Å². The fourth-order valence-electron chi connectivity index (χ4n) is 2.34. The molecule has 1 aromatic carbocycles. The van der Waals surface area contributed by atoms with E-state index in [1.54, 1.807) is 18.2 Å². The number of alkyl halides is 1. The van der Waals surface area contributed by atoms with Gasteiger partial charge in [-0.15, -0.1) is 0 Å². The van der Waals surface area contributed by atoms with E-state index in [4.69, 9.17) is 0 Å². The number of fused-ring (bicyclic) bond motifs is 1. The summed E-state index contributed by atoms with van der Waals surface area (Å²) in [7, 11) is 1.40. The standard InChI is InChI=1S/C15H11FN4O3/c1-19-12-6-5-9(20(22)23)8-10(12)13(18-14(16)15(19)21)11-4-2-3-7-17-11/h2-8,14H,1H3. The third-order valence-corrected chi connectivity index (χ3v) is 3.49. The van der Waals surface area contributed by atoms with Gasteiger partial charge in [-0.25, -0.2) is 9.38 Å². The summed E-state index contributed by atoms with van der Waals surface area (Å²) in [5, 5.41) is 11.0. The number of nitro benzene ring substituents is 1. The predicted molar refractivity (Wildman–Crippen MR) is 81.3 cm³/mol. The minimum absolute atomic E-state index is 0.106. The molecule has 2 heterocycles. The van der Waals surface area contributed by atoms with Crippen molar-refractivity contribution in [2.24, 2.45) is 4.99 Å². The van der Waals surface area contributed by atoms with Crippen LogP contribution in [0.15, 0.2) is 47.6 Å². The minimum atomic E-state index is -2.09. The van der Waals surface area contributed by atoms with E-state index in [0.29, 0.717) is 11.4 Å². The third kappa shape index (κ3) is 2.54. The number of hydrogen-bond acceptors (Lipinski definition) is 5. The van der Waals surface area contributed by atoms with E-state index in [2.05, 4.69) is 9.98 Å². The SMILES string of the molecule is CN1C(=O)C(F)N=C(c2ccccn2)c2cc([N+](=O)[O-])ccc21. The van der Waals surface area contributed by atoms with Gasteiger partial charge in [-0.05, 0) is 18.2 Å². The van der Waals surface area contributed by atoms with Crippen LogP contribution in [0.1, 0.15) is 11.3 Å².